The minimum Gasteiger partial charge on any atom is -0.488 e. The number of carbonyl (C=O) groups excluding carboxylic acids is 2. The van der Waals surface area contributed by atoms with Gasteiger partial charge in [-0.15, -0.1) is 0 Å². The molecule has 3 aromatic carbocycles. The van der Waals surface area contributed by atoms with E-state index in [1.807, 2.05) is 18.2 Å². The first kappa shape index (κ1) is 28.3. The minimum absolute atomic E-state index is 0.0551. The van der Waals surface area contributed by atoms with Crippen molar-refractivity contribution in [3.8, 4) is 5.75 Å². The minimum atomic E-state index is -0.492. The maximum Gasteiger partial charge on any atom is 0.293 e. The standard InChI is InChI=1S/C28H24Cl3FN2O3S/c1-3-33(4-2)22-10-7-17(25(14-22)37-16-19-5-8-20(29)12-23(19)30)11-26-27(35)34(28(36)38-26)15-18-6-9-21(32)13-24(18)31/h5-14H,3-4,15-16H2,1-2H3/b26-11-. The number of imide groups is 1. The first-order chi connectivity index (χ1) is 18.2. The van der Waals surface area contributed by atoms with Crippen LogP contribution in [0.4, 0.5) is 14.9 Å². The van der Waals surface area contributed by atoms with Gasteiger partial charge in [-0.05, 0) is 73.6 Å². The van der Waals surface area contributed by atoms with Crippen LogP contribution in [0.1, 0.15) is 30.5 Å². The van der Waals surface area contributed by atoms with E-state index in [2.05, 4.69) is 18.7 Å². The van der Waals surface area contributed by atoms with Crippen molar-refractivity contribution >= 4 is 69.5 Å². The molecule has 0 bridgehead atoms. The molecule has 0 spiro atoms. The highest BCUT2D eigenvalue weighted by Gasteiger charge is 2.35. The Morgan fingerprint density at radius 1 is 0.947 bits per heavy atom. The summed E-state index contributed by atoms with van der Waals surface area (Å²) in [6.45, 7) is 5.87. The normalized spacial score (nSPS) is 14.5. The average Bonchev–Trinajstić information content (AvgIpc) is 3.14. The molecule has 198 valence electrons. The van der Waals surface area contributed by atoms with Crippen molar-refractivity contribution in [1.29, 1.82) is 0 Å². The lowest BCUT2D eigenvalue weighted by molar-refractivity contribution is -0.123. The van der Waals surface area contributed by atoms with Crippen molar-refractivity contribution in [2.45, 2.75) is 27.0 Å². The zero-order valence-corrected chi connectivity index (χ0v) is 23.7. The Hall–Kier alpha value is -2.71. The lowest BCUT2D eigenvalue weighted by Gasteiger charge is -2.22. The molecule has 0 unspecified atom stereocenters. The van der Waals surface area contributed by atoms with Crippen LogP contribution in [0, 0.1) is 5.82 Å². The number of nitrogens with zero attached hydrogens (tertiary/aromatic N) is 2. The van der Waals surface area contributed by atoms with Crippen molar-refractivity contribution in [2.75, 3.05) is 18.0 Å². The predicted molar refractivity (Wildman–Crippen MR) is 154 cm³/mol. The number of ether oxygens (including phenoxy) is 1. The molecule has 38 heavy (non-hydrogen) atoms. The summed E-state index contributed by atoms with van der Waals surface area (Å²) >= 11 is 19.3. The number of benzene rings is 3. The van der Waals surface area contributed by atoms with Gasteiger partial charge in [0.05, 0.1) is 11.4 Å². The molecule has 0 radical (unpaired) electrons. The Morgan fingerprint density at radius 2 is 1.66 bits per heavy atom. The summed E-state index contributed by atoms with van der Waals surface area (Å²) in [7, 11) is 0. The second-order valence-corrected chi connectivity index (χ2v) is 10.7. The summed E-state index contributed by atoms with van der Waals surface area (Å²) < 4.78 is 19.6. The number of hydrogen-bond acceptors (Lipinski definition) is 5. The van der Waals surface area contributed by atoms with E-state index >= 15 is 0 Å². The molecule has 1 heterocycles. The van der Waals surface area contributed by atoms with Crippen LogP contribution in [-0.2, 0) is 17.9 Å². The van der Waals surface area contributed by atoms with Crippen LogP contribution >= 0.6 is 46.6 Å². The summed E-state index contributed by atoms with van der Waals surface area (Å²) in [4.78, 5) is 29.4. The largest absolute Gasteiger partial charge is 0.488 e. The van der Waals surface area contributed by atoms with Gasteiger partial charge in [-0.1, -0.05) is 46.9 Å². The highest BCUT2D eigenvalue weighted by Crippen LogP contribution is 2.37. The zero-order chi connectivity index (χ0) is 27.4. The molecule has 0 aromatic heterocycles. The highest BCUT2D eigenvalue weighted by molar-refractivity contribution is 8.18. The van der Waals surface area contributed by atoms with Crippen molar-refractivity contribution in [3.63, 3.8) is 0 Å². The van der Waals surface area contributed by atoms with Crippen molar-refractivity contribution in [1.82, 2.24) is 4.90 Å². The van der Waals surface area contributed by atoms with Crippen LogP contribution in [-0.4, -0.2) is 29.1 Å². The smallest absolute Gasteiger partial charge is 0.293 e. The van der Waals surface area contributed by atoms with Gasteiger partial charge in [-0.2, -0.15) is 0 Å². The van der Waals surface area contributed by atoms with Crippen LogP contribution in [0.25, 0.3) is 6.08 Å². The van der Waals surface area contributed by atoms with Crippen LogP contribution in [0.15, 0.2) is 59.5 Å². The molecule has 1 aliphatic heterocycles. The second-order valence-electron chi connectivity index (χ2n) is 8.42. The quantitative estimate of drug-likeness (QED) is 0.233. The van der Waals surface area contributed by atoms with Gasteiger partial charge in [0, 0.05) is 51.0 Å². The number of amides is 2. The molecule has 1 aliphatic rings. The fourth-order valence-corrected chi connectivity index (χ4v) is 5.46. The summed E-state index contributed by atoms with van der Waals surface area (Å²) in [5.74, 6) is -0.415. The molecule has 3 aromatic rings. The van der Waals surface area contributed by atoms with Gasteiger partial charge in [0.1, 0.15) is 18.2 Å². The van der Waals surface area contributed by atoms with Gasteiger partial charge in [-0.3, -0.25) is 14.5 Å². The summed E-state index contributed by atoms with van der Waals surface area (Å²) in [6, 6.07) is 14.8. The number of hydrogen-bond donors (Lipinski definition) is 0. The Labute approximate surface area is 240 Å². The van der Waals surface area contributed by atoms with Crippen LogP contribution in [0.3, 0.4) is 0 Å². The molecule has 0 saturated carbocycles. The fraction of sp³-hybridized carbons (Fsp3) is 0.214. The number of anilines is 1. The van der Waals surface area contributed by atoms with E-state index in [4.69, 9.17) is 39.5 Å². The van der Waals surface area contributed by atoms with Gasteiger partial charge < -0.3 is 9.64 Å². The topological polar surface area (TPSA) is 49.9 Å². The van der Waals surface area contributed by atoms with E-state index in [-0.39, 0.29) is 23.1 Å². The van der Waals surface area contributed by atoms with E-state index in [0.717, 1.165) is 47.1 Å². The number of halogens is 4. The number of rotatable bonds is 9. The van der Waals surface area contributed by atoms with Crippen LogP contribution < -0.4 is 9.64 Å². The van der Waals surface area contributed by atoms with Crippen LogP contribution in [0.5, 0.6) is 5.75 Å². The zero-order valence-electron chi connectivity index (χ0n) is 20.6. The van der Waals surface area contributed by atoms with Crippen molar-refractivity contribution < 1.29 is 18.7 Å². The molecule has 4 rings (SSSR count). The first-order valence-corrected chi connectivity index (χ1v) is 13.8. The summed E-state index contributed by atoms with van der Waals surface area (Å²) in [6.07, 6.45) is 1.64. The Balaban J connectivity index is 1.63. The second kappa shape index (κ2) is 12.4. The molecule has 2 amide bonds. The van der Waals surface area contributed by atoms with Crippen LogP contribution in [0.2, 0.25) is 15.1 Å². The molecular weight excluding hydrogens is 570 g/mol. The molecule has 0 N–H and O–H groups in total. The Bertz CT molecular complexity index is 1410. The number of carbonyl (C=O) groups is 2. The monoisotopic (exact) mass is 592 g/mol. The molecular formula is C28H24Cl3FN2O3S. The van der Waals surface area contributed by atoms with E-state index in [1.165, 1.54) is 12.1 Å². The van der Waals surface area contributed by atoms with Gasteiger partial charge >= 0.3 is 0 Å². The lowest BCUT2D eigenvalue weighted by Crippen LogP contribution is -2.27. The molecule has 1 saturated heterocycles. The average molecular weight is 594 g/mol. The Kier molecular flexibility index (Phi) is 9.26. The molecule has 0 aliphatic carbocycles. The molecule has 5 nitrogen and oxygen atoms in total. The van der Waals surface area contributed by atoms with E-state index in [1.54, 1.807) is 24.3 Å². The molecule has 10 heteroatoms. The molecule has 1 fully saturated rings. The summed E-state index contributed by atoms with van der Waals surface area (Å²) in [5, 5.41) is 0.730. The van der Waals surface area contributed by atoms with Crippen molar-refractivity contribution in [2.24, 2.45) is 0 Å². The first-order valence-electron chi connectivity index (χ1n) is 11.8. The third kappa shape index (κ3) is 6.46. The van der Waals surface area contributed by atoms with Gasteiger partial charge in [0.2, 0.25) is 0 Å². The predicted octanol–water partition coefficient (Wildman–Crippen LogP) is 8.45. The number of thioether (sulfide) groups is 1. The lowest BCUT2D eigenvalue weighted by atomic mass is 10.1. The maximum absolute atomic E-state index is 13.4. The van der Waals surface area contributed by atoms with Gasteiger partial charge in [0.25, 0.3) is 11.1 Å². The SMILES string of the molecule is CCN(CC)c1ccc(/C=C2\SC(=O)N(Cc3ccc(F)cc3Cl)C2=O)c(OCc2ccc(Cl)cc2Cl)c1. The highest BCUT2D eigenvalue weighted by atomic mass is 35.5. The van der Waals surface area contributed by atoms with E-state index in [9.17, 15) is 14.0 Å². The maximum atomic E-state index is 13.4. The Morgan fingerprint density at radius 3 is 2.34 bits per heavy atom. The van der Waals surface area contributed by atoms with Gasteiger partial charge in [0.15, 0.2) is 0 Å². The third-order valence-corrected chi connectivity index (χ3v) is 7.87. The summed E-state index contributed by atoms with van der Waals surface area (Å²) in [5.41, 5.74) is 2.83. The van der Waals surface area contributed by atoms with E-state index < -0.39 is 17.0 Å². The van der Waals surface area contributed by atoms with Gasteiger partial charge in [-0.25, -0.2) is 4.39 Å². The van der Waals surface area contributed by atoms with Crippen molar-refractivity contribution in [3.05, 3.63) is 97.1 Å². The fourth-order valence-electron chi connectivity index (χ4n) is 3.94. The van der Waals surface area contributed by atoms with E-state index in [0.29, 0.717) is 26.9 Å². The third-order valence-electron chi connectivity index (χ3n) is 6.03. The molecule has 0 atom stereocenters.